The van der Waals surface area contributed by atoms with E-state index in [1.165, 1.54) is 18.2 Å². The number of anilines is 6. The summed E-state index contributed by atoms with van der Waals surface area (Å²) < 4.78 is 35.1. The molecule has 1 aromatic heterocycles. The number of imide groups is 1. The number of carbonyl (C=O) groups is 5. The second-order valence-corrected chi connectivity index (χ2v) is 16.6. The Labute approximate surface area is 358 Å². The summed E-state index contributed by atoms with van der Waals surface area (Å²) in [4.78, 5) is 79.4. The molecule has 5 heterocycles. The smallest absolute Gasteiger partial charge is 0.341 e. The number of aromatic nitrogens is 2. The van der Waals surface area contributed by atoms with Crippen molar-refractivity contribution in [3.05, 3.63) is 54.2 Å². The van der Waals surface area contributed by atoms with Crippen LogP contribution in [0, 0.1) is 0 Å². The molecule has 3 aromatic rings. The van der Waals surface area contributed by atoms with Crippen LogP contribution in [0.2, 0.25) is 0 Å². The predicted octanol–water partition coefficient (Wildman–Crippen LogP) is 3.72. The Hall–Kier alpha value is -6.11. The summed E-state index contributed by atoms with van der Waals surface area (Å²) in [6.07, 6.45) is 7.04. The van der Waals surface area contributed by atoms with Gasteiger partial charge in [-0.3, -0.25) is 34.2 Å². The predicted molar refractivity (Wildman–Crippen MR) is 228 cm³/mol. The van der Waals surface area contributed by atoms with Crippen LogP contribution in [0.3, 0.4) is 0 Å². The second-order valence-electron chi connectivity index (χ2n) is 16.6. The molecule has 8 rings (SSSR count). The van der Waals surface area contributed by atoms with Crippen molar-refractivity contribution in [2.45, 2.75) is 81.8 Å². The van der Waals surface area contributed by atoms with E-state index in [0.717, 1.165) is 63.2 Å². The number of rotatable bonds is 12. The van der Waals surface area contributed by atoms with Gasteiger partial charge in [-0.2, -0.15) is 13.8 Å². The first-order valence-electron chi connectivity index (χ1n) is 21.5. The Morgan fingerprint density at radius 3 is 2.45 bits per heavy atom. The lowest BCUT2D eigenvalue weighted by atomic mass is 10.0. The zero-order valence-electron chi connectivity index (χ0n) is 34.8. The van der Waals surface area contributed by atoms with Crippen molar-refractivity contribution in [2.75, 3.05) is 85.2 Å². The molecule has 62 heavy (non-hydrogen) atoms. The Morgan fingerprint density at radius 2 is 1.71 bits per heavy atom. The molecule has 5 N–H and O–H groups in total. The number of nitrogens with zero attached hydrogens (tertiary/aromatic N) is 6. The Balaban J connectivity index is 0.784. The number of hydrogen-bond acceptors (Lipinski definition) is 13. The fourth-order valence-corrected chi connectivity index (χ4v) is 8.90. The van der Waals surface area contributed by atoms with Gasteiger partial charge in [-0.25, -0.2) is 4.98 Å². The number of fused-ring (bicyclic) bond motifs is 1. The molecule has 330 valence electrons. The molecule has 2 aromatic carbocycles. The molecule has 3 saturated heterocycles. The maximum absolute atomic E-state index is 14.8. The van der Waals surface area contributed by atoms with Gasteiger partial charge in [-0.05, 0) is 68.5 Å². The zero-order chi connectivity index (χ0) is 43.4. The minimum Gasteiger partial charge on any atom is -0.495 e. The molecular formula is C43H53F2N11O6. The number of benzene rings is 2. The minimum atomic E-state index is -3.59. The number of hydrogen-bond donors (Lipinski definition) is 5. The second kappa shape index (κ2) is 18.5. The molecule has 1 aliphatic carbocycles. The topological polar surface area (TPSA) is 193 Å². The number of halogens is 2. The SMILES string of the molecule is COc1cc(C(=O)NC2CCN(C(=O)CCN3CCN(c4cccc(NC5CCC(=O)NC5=O)c4)CC3)CC2)ccc1Nc1ncc2c(n1)N(C1CCCC1)CC(F)(F)C(=O)N2. The van der Waals surface area contributed by atoms with Gasteiger partial charge < -0.3 is 40.7 Å². The molecule has 0 spiro atoms. The molecule has 4 aliphatic heterocycles. The first-order chi connectivity index (χ1) is 29.9. The molecule has 5 amide bonds. The van der Waals surface area contributed by atoms with E-state index in [1.54, 1.807) is 18.2 Å². The number of piperidine rings is 2. The molecule has 1 saturated carbocycles. The van der Waals surface area contributed by atoms with Crippen LogP contribution in [0.5, 0.6) is 5.75 Å². The minimum absolute atomic E-state index is 0.102. The lowest BCUT2D eigenvalue weighted by molar-refractivity contribution is -0.138. The molecule has 19 heteroatoms. The third kappa shape index (κ3) is 9.82. The van der Waals surface area contributed by atoms with E-state index < -0.39 is 24.4 Å². The fraction of sp³-hybridized carbons (Fsp3) is 0.512. The molecule has 5 aliphatic rings. The monoisotopic (exact) mass is 857 g/mol. The summed E-state index contributed by atoms with van der Waals surface area (Å²) in [5.41, 5.74) is 2.84. The standard InChI is InChI=1S/C43H53F2N11O6/c1-62-35-23-27(9-10-32(35)50-42-46-25-34-38(52-42)56(30-6-2-3-7-30)26-43(44,45)41(61)49-34)39(59)48-28-13-17-55(18-14-28)37(58)15-16-53-19-21-54(22-20-53)31-8-4-5-29(24-31)47-33-11-12-36(57)51-40(33)60/h4-5,8-10,23-25,28,30,33,47H,2-3,6-7,11-22,26H2,1H3,(H,48,59)(H,49,61)(H,46,50,52)(H,51,57,60). The summed E-state index contributed by atoms with van der Waals surface area (Å²) in [6, 6.07) is 12.1. The van der Waals surface area contributed by atoms with Crippen LogP contribution in [0.25, 0.3) is 0 Å². The highest BCUT2D eigenvalue weighted by Crippen LogP contribution is 2.38. The van der Waals surface area contributed by atoms with Crippen LogP contribution < -0.4 is 41.1 Å². The largest absolute Gasteiger partial charge is 0.495 e. The van der Waals surface area contributed by atoms with Gasteiger partial charge in [0.25, 0.3) is 11.8 Å². The summed E-state index contributed by atoms with van der Waals surface area (Å²) in [5.74, 6) is -5.01. The van der Waals surface area contributed by atoms with Crippen molar-refractivity contribution in [2.24, 2.45) is 0 Å². The summed E-state index contributed by atoms with van der Waals surface area (Å²) >= 11 is 0. The van der Waals surface area contributed by atoms with Crippen LogP contribution in [0.1, 0.15) is 68.1 Å². The highest BCUT2D eigenvalue weighted by molar-refractivity contribution is 6.02. The van der Waals surface area contributed by atoms with Gasteiger partial charge in [0.2, 0.25) is 23.7 Å². The number of methoxy groups -OCH3 is 1. The number of amides is 5. The van der Waals surface area contributed by atoms with Crippen LogP contribution in [-0.4, -0.2) is 133 Å². The fourth-order valence-electron chi connectivity index (χ4n) is 8.90. The van der Waals surface area contributed by atoms with Crippen LogP contribution in [0.15, 0.2) is 48.7 Å². The number of piperazine rings is 1. The van der Waals surface area contributed by atoms with Crippen LogP contribution in [0.4, 0.5) is 43.3 Å². The Kier molecular flexibility index (Phi) is 12.7. The van der Waals surface area contributed by atoms with Crippen molar-refractivity contribution in [1.29, 1.82) is 0 Å². The molecule has 1 atom stereocenters. The van der Waals surface area contributed by atoms with Gasteiger partial charge in [0, 0.05) is 87.7 Å². The normalized spacial score (nSPS) is 21.1. The highest BCUT2D eigenvalue weighted by Gasteiger charge is 2.46. The Morgan fingerprint density at radius 1 is 0.935 bits per heavy atom. The lowest BCUT2D eigenvalue weighted by Gasteiger charge is -2.37. The molecular weight excluding hydrogens is 805 g/mol. The molecule has 1 unspecified atom stereocenters. The van der Waals surface area contributed by atoms with E-state index in [4.69, 9.17) is 4.74 Å². The van der Waals surface area contributed by atoms with Crippen molar-refractivity contribution in [3.63, 3.8) is 0 Å². The maximum Gasteiger partial charge on any atom is 0.341 e. The lowest BCUT2D eigenvalue weighted by Crippen LogP contribution is -2.49. The van der Waals surface area contributed by atoms with Gasteiger partial charge in [0.05, 0.1) is 25.5 Å². The van der Waals surface area contributed by atoms with Gasteiger partial charge in [0.1, 0.15) is 17.5 Å². The zero-order valence-corrected chi connectivity index (χ0v) is 34.8. The van der Waals surface area contributed by atoms with E-state index in [2.05, 4.69) is 46.4 Å². The third-order valence-corrected chi connectivity index (χ3v) is 12.5. The van der Waals surface area contributed by atoms with Crippen molar-refractivity contribution in [1.82, 2.24) is 30.4 Å². The summed E-state index contributed by atoms with van der Waals surface area (Å²) in [7, 11) is 1.47. The average Bonchev–Trinajstić information content (AvgIpc) is 3.79. The first-order valence-corrected chi connectivity index (χ1v) is 21.5. The van der Waals surface area contributed by atoms with Gasteiger partial charge in [-0.15, -0.1) is 0 Å². The molecule has 0 bridgehead atoms. The van der Waals surface area contributed by atoms with Crippen molar-refractivity contribution in [3.8, 4) is 5.75 Å². The van der Waals surface area contributed by atoms with Crippen molar-refractivity contribution < 1.29 is 37.5 Å². The molecule has 17 nitrogen and oxygen atoms in total. The number of alkyl halides is 2. The Bertz CT molecular complexity index is 2170. The van der Waals surface area contributed by atoms with E-state index in [1.807, 2.05) is 29.2 Å². The number of ether oxygens (including phenoxy) is 1. The van der Waals surface area contributed by atoms with Crippen LogP contribution >= 0.6 is 0 Å². The highest BCUT2D eigenvalue weighted by atomic mass is 19.3. The van der Waals surface area contributed by atoms with Gasteiger partial charge in [0.15, 0.2) is 5.82 Å². The van der Waals surface area contributed by atoms with Crippen LogP contribution in [-0.2, 0) is 19.2 Å². The third-order valence-electron chi connectivity index (χ3n) is 12.5. The van der Waals surface area contributed by atoms with E-state index in [0.29, 0.717) is 68.7 Å². The number of carbonyl (C=O) groups excluding carboxylic acids is 5. The maximum atomic E-state index is 14.8. The quantitative estimate of drug-likeness (QED) is 0.166. The summed E-state index contributed by atoms with van der Waals surface area (Å²) in [6.45, 7) is 4.25. The number of likely N-dealkylation sites (tertiary alicyclic amines) is 1. The first kappa shape index (κ1) is 42.6. The van der Waals surface area contributed by atoms with Crippen molar-refractivity contribution >= 4 is 64.1 Å². The van der Waals surface area contributed by atoms with E-state index >= 15 is 0 Å². The summed E-state index contributed by atoms with van der Waals surface area (Å²) in [5, 5.41) is 14.1. The number of nitrogens with one attached hydrogen (secondary N) is 5. The molecule has 0 radical (unpaired) electrons. The van der Waals surface area contributed by atoms with E-state index in [-0.39, 0.29) is 53.2 Å². The average molecular weight is 858 g/mol. The van der Waals surface area contributed by atoms with Gasteiger partial charge in [-0.1, -0.05) is 18.9 Å². The van der Waals surface area contributed by atoms with E-state index in [9.17, 15) is 32.8 Å². The molecule has 4 fully saturated rings. The van der Waals surface area contributed by atoms with Gasteiger partial charge >= 0.3 is 5.92 Å².